The summed E-state index contributed by atoms with van der Waals surface area (Å²) >= 11 is 19.8. The van der Waals surface area contributed by atoms with Crippen LogP contribution >= 0.6 is 46.6 Å². The Morgan fingerprint density at radius 2 is 1.89 bits per heavy atom. The maximum Gasteiger partial charge on any atom is 0.303 e. The molecule has 1 aliphatic heterocycles. The number of ether oxygens (including phenoxy) is 3. The molecular formula is C24H23Cl3N4O5S. The van der Waals surface area contributed by atoms with E-state index in [0.717, 1.165) is 10.5 Å². The number of carbonyl (C=O) groups excluding carboxylic acids is 2. The molecule has 0 amide bonds. The average molecular weight is 586 g/mol. The van der Waals surface area contributed by atoms with Gasteiger partial charge in [-0.05, 0) is 18.2 Å². The number of carbonyl (C=O) groups is 2. The number of hydrogen-bond donors (Lipinski definition) is 0. The van der Waals surface area contributed by atoms with Crippen molar-refractivity contribution in [3.05, 3.63) is 57.9 Å². The van der Waals surface area contributed by atoms with Crippen LogP contribution in [-0.4, -0.2) is 56.2 Å². The Labute approximate surface area is 232 Å². The van der Waals surface area contributed by atoms with E-state index in [1.54, 1.807) is 47.5 Å². The van der Waals surface area contributed by atoms with E-state index in [1.165, 1.54) is 25.6 Å². The van der Waals surface area contributed by atoms with Crippen molar-refractivity contribution in [3.8, 4) is 11.3 Å². The van der Waals surface area contributed by atoms with Crippen LogP contribution in [0.15, 0.2) is 47.8 Å². The maximum absolute atomic E-state index is 12.1. The first-order valence-electron chi connectivity index (χ1n) is 11.2. The zero-order valence-corrected chi connectivity index (χ0v) is 23.1. The van der Waals surface area contributed by atoms with Gasteiger partial charge in [-0.15, -0.1) is 5.10 Å². The Morgan fingerprint density at radius 1 is 1.11 bits per heavy atom. The molecule has 1 saturated heterocycles. The number of nitrogens with zero attached hydrogens (tertiary/aromatic N) is 4. The van der Waals surface area contributed by atoms with Crippen LogP contribution in [-0.2, 0) is 23.8 Å². The Balaban J connectivity index is 1.71. The molecular weight excluding hydrogens is 563 g/mol. The minimum Gasteiger partial charge on any atom is -0.463 e. The Bertz CT molecular complexity index is 1290. The standard InChI is InChI=1S/C24H23Cl3N4O5S/c1-12-22(31-10-20(29-30-31)15-4-5-18(26)19(27)6-15)23(35-14(3)33)21(11-34-13(2)32)36-24(12)37-17-7-16(25)8-28-9-17/h4-10,12,21-24H,11H2,1-3H3/t12?,21?,22-,23+,24-/m1/s1. The molecule has 0 bridgehead atoms. The van der Waals surface area contributed by atoms with E-state index < -0.39 is 35.6 Å². The number of rotatable bonds is 7. The number of halogens is 3. The summed E-state index contributed by atoms with van der Waals surface area (Å²) in [6, 6.07) is 6.43. The van der Waals surface area contributed by atoms with Crippen LogP contribution in [0.3, 0.4) is 0 Å². The van der Waals surface area contributed by atoms with Crippen LogP contribution < -0.4 is 0 Å². The van der Waals surface area contributed by atoms with Gasteiger partial charge in [0.05, 0.1) is 27.3 Å². The molecule has 5 atom stereocenters. The predicted molar refractivity (Wildman–Crippen MR) is 140 cm³/mol. The molecule has 1 aliphatic rings. The lowest BCUT2D eigenvalue weighted by molar-refractivity contribution is -0.191. The van der Waals surface area contributed by atoms with Crippen molar-refractivity contribution < 1.29 is 23.8 Å². The van der Waals surface area contributed by atoms with Gasteiger partial charge in [-0.1, -0.05) is 64.8 Å². The van der Waals surface area contributed by atoms with Crippen molar-refractivity contribution in [2.45, 2.75) is 49.4 Å². The van der Waals surface area contributed by atoms with Crippen molar-refractivity contribution in [3.63, 3.8) is 0 Å². The molecule has 37 heavy (non-hydrogen) atoms. The largest absolute Gasteiger partial charge is 0.463 e. The van der Waals surface area contributed by atoms with Gasteiger partial charge in [0.25, 0.3) is 0 Å². The molecule has 9 nitrogen and oxygen atoms in total. The van der Waals surface area contributed by atoms with E-state index >= 15 is 0 Å². The molecule has 0 saturated carbocycles. The first-order chi connectivity index (χ1) is 17.6. The summed E-state index contributed by atoms with van der Waals surface area (Å²) in [5.41, 5.74) is 0.825. The SMILES string of the molecule is CC(=O)OCC1O[C@H](Sc2cncc(Cl)c2)C(C)[C@@H](n2cc(-c3ccc(Cl)c(Cl)c3)nn2)[C@H]1OC(C)=O. The normalized spacial score (nSPS) is 23.5. The average Bonchev–Trinajstić information content (AvgIpc) is 3.31. The van der Waals surface area contributed by atoms with Crippen molar-refractivity contribution in [1.82, 2.24) is 20.0 Å². The minimum atomic E-state index is -0.815. The molecule has 2 unspecified atom stereocenters. The molecule has 0 spiro atoms. The van der Waals surface area contributed by atoms with E-state index in [-0.39, 0.29) is 12.5 Å². The zero-order chi connectivity index (χ0) is 26.7. The molecule has 0 N–H and O–H groups in total. The fraction of sp³-hybridized carbons (Fsp3) is 0.375. The van der Waals surface area contributed by atoms with E-state index in [2.05, 4.69) is 15.3 Å². The molecule has 0 radical (unpaired) electrons. The molecule has 1 fully saturated rings. The number of pyridine rings is 1. The number of aromatic nitrogens is 4. The lowest BCUT2D eigenvalue weighted by atomic mass is 9.90. The van der Waals surface area contributed by atoms with E-state index in [4.69, 9.17) is 49.0 Å². The van der Waals surface area contributed by atoms with Crippen LogP contribution in [0.1, 0.15) is 26.8 Å². The second-order valence-electron chi connectivity index (χ2n) is 8.44. The lowest BCUT2D eigenvalue weighted by Gasteiger charge is -2.44. The van der Waals surface area contributed by atoms with Crippen molar-refractivity contribution >= 4 is 58.5 Å². The summed E-state index contributed by atoms with van der Waals surface area (Å²) in [4.78, 5) is 28.6. The lowest BCUT2D eigenvalue weighted by Crippen LogP contribution is -2.53. The molecule has 3 aromatic rings. The van der Waals surface area contributed by atoms with Gasteiger partial charge in [-0.2, -0.15) is 0 Å². The van der Waals surface area contributed by atoms with Crippen LogP contribution in [0.2, 0.25) is 15.1 Å². The van der Waals surface area contributed by atoms with Crippen molar-refractivity contribution in [2.24, 2.45) is 5.92 Å². The van der Waals surface area contributed by atoms with Gasteiger partial charge in [-0.25, -0.2) is 4.68 Å². The highest BCUT2D eigenvalue weighted by atomic mass is 35.5. The molecule has 2 aromatic heterocycles. The molecule has 3 heterocycles. The molecule has 196 valence electrons. The maximum atomic E-state index is 12.1. The van der Waals surface area contributed by atoms with Crippen LogP contribution in [0.5, 0.6) is 0 Å². The highest BCUT2D eigenvalue weighted by molar-refractivity contribution is 7.99. The summed E-state index contributed by atoms with van der Waals surface area (Å²) in [5.74, 6) is -1.23. The summed E-state index contributed by atoms with van der Waals surface area (Å²) < 4.78 is 18.9. The molecule has 13 heteroatoms. The van der Waals surface area contributed by atoms with Gasteiger partial charge >= 0.3 is 11.9 Å². The van der Waals surface area contributed by atoms with Crippen LogP contribution in [0.4, 0.5) is 0 Å². The molecule has 4 rings (SSSR count). The van der Waals surface area contributed by atoms with Gasteiger partial charge in [0.1, 0.15) is 23.8 Å². The fourth-order valence-corrected chi connectivity index (χ4v) is 5.75. The third-order valence-corrected chi connectivity index (χ3v) is 7.91. The number of esters is 2. The smallest absolute Gasteiger partial charge is 0.303 e. The molecule has 1 aromatic carbocycles. The minimum absolute atomic E-state index is 0.115. The summed E-state index contributed by atoms with van der Waals surface area (Å²) in [6.45, 7) is 4.45. The quantitative estimate of drug-likeness (QED) is 0.333. The van der Waals surface area contributed by atoms with Gasteiger partial charge < -0.3 is 14.2 Å². The second-order valence-corrected chi connectivity index (χ2v) is 10.9. The zero-order valence-electron chi connectivity index (χ0n) is 20.0. The summed E-state index contributed by atoms with van der Waals surface area (Å²) in [7, 11) is 0. The topological polar surface area (TPSA) is 105 Å². The third kappa shape index (κ3) is 6.74. The van der Waals surface area contributed by atoms with Gasteiger partial charge in [0.15, 0.2) is 6.10 Å². The summed E-state index contributed by atoms with van der Waals surface area (Å²) in [6.07, 6.45) is 3.38. The van der Waals surface area contributed by atoms with E-state index in [9.17, 15) is 9.59 Å². The van der Waals surface area contributed by atoms with Crippen LogP contribution in [0.25, 0.3) is 11.3 Å². The monoisotopic (exact) mass is 584 g/mol. The Morgan fingerprint density at radius 3 is 2.57 bits per heavy atom. The Kier molecular flexibility index (Phi) is 8.97. The fourth-order valence-electron chi connectivity index (χ4n) is 4.05. The highest BCUT2D eigenvalue weighted by Gasteiger charge is 2.48. The van der Waals surface area contributed by atoms with E-state index in [0.29, 0.717) is 20.8 Å². The number of hydrogen-bond acceptors (Lipinski definition) is 9. The van der Waals surface area contributed by atoms with Crippen molar-refractivity contribution in [2.75, 3.05) is 6.61 Å². The Hall–Kier alpha value is -2.37. The third-order valence-electron chi connectivity index (χ3n) is 5.70. The van der Waals surface area contributed by atoms with Gasteiger partial charge in [-0.3, -0.25) is 14.6 Å². The summed E-state index contributed by atoms with van der Waals surface area (Å²) in [5, 5.41) is 9.97. The number of benzene rings is 1. The first kappa shape index (κ1) is 27.7. The van der Waals surface area contributed by atoms with Crippen LogP contribution in [0, 0.1) is 5.92 Å². The second kappa shape index (κ2) is 12.0. The molecule has 0 aliphatic carbocycles. The van der Waals surface area contributed by atoms with Crippen molar-refractivity contribution in [1.29, 1.82) is 0 Å². The highest BCUT2D eigenvalue weighted by Crippen LogP contribution is 2.43. The van der Waals surface area contributed by atoms with Gasteiger partial charge in [0, 0.05) is 42.6 Å². The first-order valence-corrected chi connectivity index (χ1v) is 13.2. The predicted octanol–water partition coefficient (Wildman–Crippen LogP) is 5.49. The number of thioether (sulfide) groups is 1. The van der Waals surface area contributed by atoms with E-state index in [1.807, 2.05) is 6.92 Å². The van der Waals surface area contributed by atoms with Gasteiger partial charge in [0.2, 0.25) is 0 Å².